The highest BCUT2D eigenvalue weighted by atomic mass is 16.7. The van der Waals surface area contributed by atoms with Gasteiger partial charge in [0.25, 0.3) is 6.41 Å². The van der Waals surface area contributed by atoms with E-state index in [2.05, 4.69) is 10.1 Å². The summed E-state index contributed by atoms with van der Waals surface area (Å²) < 4.78 is 14.9. The fourth-order valence-electron chi connectivity index (χ4n) is 1.37. The molecule has 1 aromatic carbocycles. The Balaban J connectivity index is 2.26. The first-order valence-electron chi connectivity index (χ1n) is 4.43. The first-order valence-corrected chi connectivity index (χ1v) is 4.43. The zero-order valence-electron chi connectivity index (χ0n) is 8.44. The Labute approximate surface area is 86.9 Å². The quantitative estimate of drug-likeness (QED) is 0.742. The Bertz CT molecular complexity index is 391. The van der Waals surface area contributed by atoms with Crippen molar-refractivity contribution in [3.05, 3.63) is 23.8 Å². The third-order valence-corrected chi connectivity index (χ3v) is 2.12. The van der Waals surface area contributed by atoms with Crippen molar-refractivity contribution in [2.75, 3.05) is 19.5 Å². The Kier molecular flexibility index (Phi) is 2.47. The molecule has 0 saturated heterocycles. The summed E-state index contributed by atoms with van der Waals surface area (Å²) in [6, 6.07) is 5.01. The van der Waals surface area contributed by atoms with Crippen LogP contribution in [0.5, 0.6) is 5.75 Å². The van der Waals surface area contributed by atoms with Crippen molar-refractivity contribution >= 4 is 11.7 Å². The molecule has 0 amide bonds. The molecular formula is C10H11NO4. The van der Waals surface area contributed by atoms with E-state index in [1.807, 2.05) is 0 Å². The zero-order valence-corrected chi connectivity index (χ0v) is 8.44. The van der Waals surface area contributed by atoms with Crippen molar-refractivity contribution in [1.82, 2.24) is 0 Å². The fraction of sp³-hybridized carbons (Fsp3) is 0.300. The van der Waals surface area contributed by atoms with E-state index >= 15 is 0 Å². The molecule has 15 heavy (non-hydrogen) atoms. The molecule has 0 bridgehead atoms. The second kappa shape index (κ2) is 3.78. The minimum Gasteiger partial charge on any atom is -0.465 e. The van der Waals surface area contributed by atoms with Crippen LogP contribution in [-0.4, -0.2) is 26.6 Å². The Morgan fingerprint density at radius 2 is 2.27 bits per heavy atom. The van der Waals surface area contributed by atoms with Crippen molar-refractivity contribution in [2.45, 2.75) is 6.41 Å². The molecule has 0 radical (unpaired) electrons. The number of benzene rings is 1. The summed E-state index contributed by atoms with van der Waals surface area (Å²) in [5.41, 5.74) is 1.20. The molecule has 2 rings (SSSR count). The van der Waals surface area contributed by atoms with Gasteiger partial charge in [-0.2, -0.15) is 0 Å². The fourth-order valence-corrected chi connectivity index (χ4v) is 1.37. The third-order valence-electron chi connectivity index (χ3n) is 2.12. The van der Waals surface area contributed by atoms with E-state index < -0.39 is 6.41 Å². The summed E-state index contributed by atoms with van der Waals surface area (Å²) in [7, 11) is 2.88. The lowest BCUT2D eigenvalue weighted by Gasteiger charge is -2.06. The van der Waals surface area contributed by atoms with Gasteiger partial charge in [0, 0.05) is 7.11 Å². The van der Waals surface area contributed by atoms with Gasteiger partial charge in [-0.1, -0.05) is 0 Å². The maximum Gasteiger partial charge on any atom is 0.337 e. The summed E-state index contributed by atoms with van der Waals surface area (Å²) in [4.78, 5) is 11.2. The highest BCUT2D eigenvalue weighted by Crippen LogP contribution is 2.32. The maximum absolute atomic E-state index is 11.2. The van der Waals surface area contributed by atoms with E-state index in [4.69, 9.17) is 9.47 Å². The summed E-state index contributed by atoms with van der Waals surface area (Å²) >= 11 is 0. The Morgan fingerprint density at radius 1 is 1.47 bits per heavy atom. The minimum absolute atomic E-state index is 0.375. The highest BCUT2D eigenvalue weighted by molar-refractivity contribution is 5.91. The minimum atomic E-state index is -0.493. The first-order chi connectivity index (χ1) is 7.24. The molecule has 5 nitrogen and oxygen atoms in total. The van der Waals surface area contributed by atoms with Crippen molar-refractivity contribution in [2.24, 2.45) is 0 Å². The molecule has 1 atom stereocenters. The molecule has 80 valence electrons. The molecule has 0 spiro atoms. The van der Waals surface area contributed by atoms with E-state index in [0.717, 1.165) is 5.69 Å². The van der Waals surface area contributed by atoms with Gasteiger partial charge in [-0.25, -0.2) is 4.79 Å². The summed E-state index contributed by atoms with van der Waals surface area (Å²) in [5, 5.41) is 2.95. The topological polar surface area (TPSA) is 56.8 Å². The predicted molar refractivity (Wildman–Crippen MR) is 52.8 cm³/mol. The average Bonchev–Trinajstić information content (AvgIpc) is 2.69. The summed E-state index contributed by atoms with van der Waals surface area (Å²) in [6.45, 7) is 0. The number of hydrogen-bond acceptors (Lipinski definition) is 5. The lowest BCUT2D eigenvalue weighted by Crippen LogP contribution is -2.21. The molecule has 0 fully saturated rings. The van der Waals surface area contributed by atoms with Crippen LogP contribution in [0.2, 0.25) is 0 Å². The van der Waals surface area contributed by atoms with Crippen LogP contribution in [0.4, 0.5) is 5.69 Å². The van der Waals surface area contributed by atoms with Crippen molar-refractivity contribution in [3.8, 4) is 5.75 Å². The van der Waals surface area contributed by atoms with Crippen LogP contribution in [0.1, 0.15) is 10.4 Å². The van der Waals surface area contributed by atoms with E-state index in [1.54, 1.807) is 18.2 Å². The standard InChI is InChI=1S/C10H11NO4/c1-13-9(12)6-3-4-8-7(5-6)11-10(14-2)15-8/h3-5,10-11H,1-2H3. The molecule has 1 N–H and O–H groups in total. The highest BCUT2D eigenvalue weighted by Gasteiger charge is 2.22. The molecule has 0 saturated carbocycles. The van der Waals surface area contributed by atoms with Gasteiger partial charge in [-0.15, -0.1) is 0 Å². The van der Waals surface area contributed by atoms with Crippen LogP contribution >= 0.6 is 0 Å². The van der Waals surface area contributed by atoms with Gasteiger partial charge in [0.1, 0.15) is 5.75 Å². The number of hydrogen-bond donors (Lipinski definition) is 1. The van der Waals surface area contributed by atoms with E-state index in [9.17, 15) is 4.79 Å². The number of anilines is 1. The average molecular weight is 209 g/mol. The predicted octanol–water partition coefficient (Wildman–Crippen LogP) is 1.21. The molecule has 1 aliphatic heterocycles. The van der Waals surface area contributed by atoms with Crippen molar-refractivity contribution in [3.63, 3.8) is 0 Å². The molecular weight excluding hydrogens is 198 g/mol. The van der Waals surface area contributed by atoms with Crippen LogP contribution in [0.25, 0.3) is 0 Å². The number of ether oxygens (including phenoxy) is 3. The molecule has 0 aliphatic carbocycles. The van der Waals surface area contributed by atoms with E-state index in [-0.39, 0.29) is 5.97 Å². The normalized spacial score (nSPS) is 17.6. The molecule has 5 heteroatoms. The number of fused-ring (bicyclic) bond motifs is 1. The van der Waals surface area contributed by atoms with Gasteiger partial charge in [-0.05, 0) is 18.2 Å². The second-order valence-corrected chi connectivity index (χ2v) is 3.03. The number of esters is 1. The number of carbonyl (C=O) groups excluding carboxylic acids is 1. The SMILES string of the molecule is COC(=O)c1ccc2c(c1)NC(OC)O2. The first kappa shape index (κ1) is 9.79. The van der Waals surface area contributed by atoms with Gasteiger partial charge < -0.3 is 19.5 Å². The largest absolute Gasteiger partial charge is 0.465 e. The van der Waals surface area contributed by atoms with Crippen LogP contribution in [0, 0.1) is 0 Å². The molecule has 1 unspecified atom stereocenters. The smallest absolute Gasteiger partial charge is 0.337 e. The number of methoxy groups -OCH3 is 2. The van der Waals surface area contributed by atoms with E-state index in [0.29, 0.717) is 11.3 Å². The number of carbonyl (C=O) groups is 1. The third kappa shape index (κ3) is 1.73. The zero-order chi connectivity index (χ0) is 10.8. The maximum atomic E-state index is 11.2. The number of rotatable bonds is 2. The van der Waals surface area contributed by atoms with E-state index in [1.165, 1.54) is 14.2 Å². The molecule has 0 aromatic heterocycles. The molecule has 1 aliphatic rings. The van der Waals surface area contributed by atoms with Gasteiger partial charge in [0.2, 0.25) is 0 Å². The summed E-state index contributed by atoms with van der Waals surface area (Å²) in [6.07, 6.45) is -0.493. The molecule has 1 aromatic rings. The van der Waals surface area contributed by atoms with Gasteiger partial charge >= 0.3 is 5.97 Å². The van der Waals surface area contributed by atoms with Crippen LogP contribution in [-0.2, 0) is 9.47 Å². The Hall–Kier alpha value is -1.75. The van der Waals surface area contributed by atoms with Gasteiger partial charge in [0.05, 0.1) is 18.4 Å². The van der Waals surface area contributed by atoms with Crippen molar-refractivity contribution in [1.29, 1.82) is 0 Å². The monoisotopic (exact) mass is 209 g/mol. The van der Waals surface area contributed by atoms with Gasteiger partial charge in [-0.3, -0.25) is 0 Å². The lowest BCUT2D eigenvalue weighted by atomic mass is 10.2. The number of nitrogens with one attached hydrogen (secondary N) is 1. The summed E-state index contributed by atoms with van der Waals surface area (Å²) in [5.74, 6) is 0.287. The van der Waals surface area contributed by atoms with Crippen LogP contribution in [0.3, 0.4) is 0 Å². The second-order valence-electron chi connectivity index (χ2n) is 3.03. The lowest BCUT2D eigenvalue weighted by molar-refractivity contribution is -0.0196. The Morgan fingerprint density at radius 3 is 2.93 bits per heavy atom. The van der Waals surface area contributed by atoms with Crippen LogP contribution in [0.15, 0.2) is 18.2 Å². The molecule has 1 heterocycles. The van der Waals surface area contributed by atoms with Crippen molar-refractivity contribution < 1.29 is 19.0 Å². The van der Waals surface area contributed by atoms with Crippen LogP contribution < -0.4 is 10.1 Å². The van der Waals surface area contributed by atoms with Gasteiger partial charge in [0.15, 0.2) is 0 Å².